The van der Waals surface area contributed by atoms with Gasteiger partial charge in [0.05, 0.1) is 11.8 Å². The second-order valence-corrected chi connectivity index (χ2v) is 4.92. The van der Waals surface area contributed by atoms with Crippen molar-refractivity contribution in [3.63, 3.8) is 0 Å². The van der Waals surface area contributed by atoms with Crippen molar-refractivity contribution in [1.82, 2.24) is 0 Å². The Labute approximate surface area is 93.7 Å². The van der Waals surface area contributed by atoms with Crippen LogP contribution in [0.4, 0.5) is 0 Å². The highest BCUT2D eigenvalue weighted by atomic mass is 16.4. The minimum absolute atomic E-state index is 0.0532. The first-order chi connectivity index (χ1) is 7.39. The molecule has 0 amide bonds. The van der Waals surface area contributed by atoms with Crippen molar-refractivity contribution in [2.45, 2.75) is 26.2 Å². The predicted molar refractivity (Wildman–Crippen MR) is 61.9 cm³/mol. The topological polar surface area (TPSA) is 50.4 Å². The third-order valence-corrected chi connectivity index (χ3v) is 2.63. The number of carbonyl (C=O) groups is 1. The average Bonchev–Trinajstić information content (AvgIpc) is 2.58. The van der Waals surface area contributed by atoms with Crippen LogP contribution >= 0.6 is 0 Å². The molecule has 16 heavy (non-hydrogen) atoms. The van der Waals surface area contributed by atoms with Crippen LogP contribution in [-0.4, -0.2) is 11.1 Å². The Bertz CT molecular complexity index is 544. The summed E-state index contributed by atoms with van der Waals surface area (Å²) in [5, 5.41) is 9.83. The minimum atomic E-state index is -0.914. The van der Waals surface area contributed by atoms with Crippen molar-refractivity contribution >= 4 is 16.9 Å². The first-order valence-corrected chi connectivity index (χ1v) is 5.14. The lowest BCUT2D eigenvalue weighted by molar-refractivity contribution is 0.0697. The van der Waals surface area contributed by atoms with E-state index in [1.54, 1.807) is 24.5 Å². The molecule has 0 aliphatic heterocycles. The summed E-state index contributed by atoms with van der Waals surface area (Å²) in [6.45, 7) is 6.22. The number of aromatic carboxylic acids is 1. The fourth-order valence-electron chi connectivity index (χ4n) is 1.74. The highest BCUT2D eigenvalue weighted by Crippen LogP contribution is 2.32. The van der Waals surface area contributed by atoms with E-state index in [1.165, 1.54) is 0 Å². The molecule has 1 aromatic heterocycles. The van der Waals surface area contributed by atoms with Crippen LogP contribution in [0.3, 0.4) is 0 Å². The zero-order valence-electron chi connectivity index (χ0n) is 9.57. The largest absolute Gasteiger partial charge is 0.478 e. The third-order valence-electron chi connectivity index (χ3n) is 2.63. The Balaban J connectivity index is 2.70. The van der Waals surface area contributed by atoms with Gasteiger partial charge in [0, 0.05) is 10.9 Å². The van der Waals surface area contributed by atoms with Gasteiger partial charge in [-0.3, -0.25) is 0 Å². The number of rotatable bonds is 1. The fourth-order valence-corrected chi connectivity index (χ4v) is 1.74. The van der Waals surface area contributed by atoms with Gasteiger partial charge in [0.1, 0.15) is 5.58 Å². The van der Waals surface area contributed by atoms with Gasteiger partial charge in [-0.05, 0) is 23.6 Å². The van der Waals surface area contributed by atoms with Crippen LogP contribution in [0.1, 0.15) is 36.7 Å². The van der Waals surface area contributed by atoms with E-state index in [0.29, 0.717) is 5.56 Å². The summed E-state index contributed by atoms with van der Waals surface area (Å²) in [4.78, 5) is 10.9. The van der Waals surface area contributed by atoms with E-state index < -0.39 is 5.97 Å². The number of carboxylic acids is 1. The molecule has 84 valence electrons. The van der Waals surface area contributed by atoms with Crippen LogP contribution in [0.5, 0.6) is 0 Å². The molecule has 1 aromatic carbocycles. The summed E-state index contributed by atoms with van der Waals surface area (Å²) >= 11 is 0. The molecule has 0 bridgehead atoms. The molecule has 0 radical (unpaired) electrons. The van der Waals surface area contributed by atoms with Crippen molar-refractivity contribution < 1.29 is 14.3 Å². The molecule has 0 atom stereocenters. The van der Waals surface area contributed by atoms with Gasteiger partial charge in [0.2, 0.25) is 0 Å². The molecule has 0 saturated heterocycles. The maximum Gasteiger partial charge on any atom is 0.335 e. The molecule has 0 unspecified atom stereocenters. The number of benzene rings is 1. The molecule has 2 aromatic rings. The summed E-state index contributed by atoms with van der Waals surface area (Å²) < 4.78 is 5.42. The van der Waals surface area contributed by atoms with E-state index >= 15 is 0 Å². The lowest BCUT2D eigenvalue weighted by Gasteiger charge is -2.16. The van der Waals surface area contributed by atoms with Gasteiger partial charge in [0.25, 0.3) is 0 Å². The number of fused-ring (bicyclic) bond motifs is 1. The molecule has 0 aliphatic carbocycles. The maximum atomic E-state index is 10.9. The van der Waals surface area contributed by atoms with Crippen LogP contribution in [0.15, 0.2) is 28.9 Å². The molecular formula is C13H14O3. The van der Waals surface area contributed by atoms with Crippen molar-refractivity contribution in [2.75, 3.05) is 0 Å². The van der Waals surface area contributed by atoms with Gasteiger partial charge >= 0.3 is 5.97 Å². The van der Waals surface area contributed by atoms with E-state index in [1.807, 2.05) is 0 Å². The van der Waals surface area contributed by atoms with Gasteiger partial charge in [-0.25, -0.2) is 4.79 Å². The standard InChI is InChI=1S/C13H14O3/c1-13(2,3)10-7-16-11-5-4-8(12(14)15)6-9(10)11/h4-7H,1-3H3,(H,14,15). The van der Waals surface area contributed by atoms with Crippen LogP contribution in [0, 0.1) is 0 Å². The lowest BCUT2D eigenvalue weighted by atomic mass is 9.86. The maximum absolute atomic E-state index is 10.9. The molecule has 0 aliphatic rings. The number of hydrogen-bond donors (Lipinski definition) is 1. The molecule has 2 rings (SSSR count). The van der Waals surface area contributed by atoms with Crippen molar-refractivity contribution in [1.29, 1.82) is 0 Å². The zero-order valence-corrected chi connectivity index (χ0v) is 9.57. The SMILES string of the molecule is CC(C)(C)c1coc2ccc(C(=O)O)cc12. The minimum Gasteiger partial charge on any atom is -0.478 e. The first kappa shape index (κ1) is 10.7. The average molecular weight is 218 g/mol. The van der Waals surface area contributed by atoms with Crippen molar-refractivity contribution in [2.24, 2.45) is 0 Å². The first-order valence-electron chi connectivity index (χ1n) is 5.14. The van der Waals surface area contributed by atoms with Crippen molar-refractivity contribution in [3.8, 4) is 0 Å². The molecule has 1 N–H and O–H groups in total. The fraction of sp³-hybridized carbons (Fsp3) is 0.308. The molecular weight excluding hydrogens is 204 g/mol. The third kappa shape index (κ3) is 1.69. The summed E-state index contributed by atoms with van der Waals surface area (Å²) in [6.07, 6.45) is 1.70. The zero-order chi connectivity index (χ0) is 11.9. The summed E-state index contributed by atoms with van der Waals surface area (Å²) in [5.41, 5.74) is 2.00. The van der Waals surface area contributed by atoms with Gasteiger partial charge in [0.15, 0.2) is 0 Å². The van der Waals surface area contributed by atoms with Crippen LogP contribution in [0.25, 0.3) is 11.0 Å². The normalized spacial score (nSPS) is 11.9. The van der Waals surface area contributed by atoms with E-state index in [4.69, 9.17) is 9.52 Å². The lowest BCUT2D eigenvalue weighted by Crippen LogP contribution is -2.10. The monoisotopic (exact) mass is 218 g/mol. The van der Waals surface area contributed by atoms with Crippen LogP contribution in [-0.2, 0) is 5.41 Å². The smallest absolute Gasteiger partial charge is 0.335 e. The Morgan fingerprint density at radius 3 is 2.56 bits per heavy atom. The summed E-state index contributed by atoms with van der Waals surface area (Å²) in [5.74, 6) is -0.914. The molecule has 3 heteroatoms. The van der Waals surface area contributed by atoms with Crippen LogP contribution in [0.2, 0.25) is 0 Å². The van der Waals surface area contributed by atoms with Gasteiger partial charge in [-0.15, -0.1) is 0 Å². The second-order valence-electron chi connectivity index (χ2n) is 4.92. The Morgan fingerprint density at radius 2 is 2.00 bits per heavy atom. The molecule has 0 fully saturated rings. The second kappa shape index (κ2) is 3.37. The molecule has 1 heterocycles. The number of carboxylic acid groups (broad SMARTS) is 1. The molecule has 3 nitrogen and oxygen atoms in total. The highest BCUT2D eigenvalue weighted by Gasteiger charge is 2.20. The number of hydrogen-bond acceptors (Lipinski definition) is 2. The highest BCUT2D eigenvalue weighted by molar-refractivity contribution is 5.94. The molecule has 0 spiro atoms. The van der Waals surface area contributed by atoms with E-state index in [0.717, 1.165) is 16.5 Å². The van der Waals surface area contributed by atoms with E-state index in [9.17, 15) is 4.79 Å². The van der Waals surface area contributed by atoms with E-state index in [2.05, 4.69) is 20.8 Å². The quantitative estimate of drug-likeness (QED) is 0.797. The van der Waals surface area contributed by atoms with Gasteiger partial charge in [-0.2, -0.15) is 0 Å². The predicted octanol–water partition coefficient (Wildman–Crippen LogP) is 3.43. The Hall–Kier alpha value is -1.77. The number of furan rings is 1. The van der Waals surface area contributed by atoms with Crippen molar-refractivity contribution in [3.05, 3.63) is 35.6 Å². The van der Waals surface area contributed by atoms with E-state index in [-0.39, 0.29) is 5.41 Å². The Morgan fingerprint density at radius 1 is 1.31 bits per heavy atom. The summed E-state index contributed by atoms with van der Waals surface area (Å²) in [7, 11) is 0. The van der Waals surface area contributed by atoms with Gasteiger partial charge in [-0.1, -0.05) is 20.8 Å². The Kier molecular flexibility index (Phi) is 2.26. The van der Waals surface area contributed by atoms with Crippen LogP contribution < -0.4 is 0 Å². The summed E-state index contributed by atoms with van der Waals surface area (Å²) in [6, 6.07) is 4.93. The van der Waals surface area contributed by atoms with Gasteiger partial charge < -0.3 is 9.52 Å². The molecule has 0 saturated carbocycles.